The van der Waals surface area contributed by atoms with Crippen molar-refractivity contribution in [1.82, 2.24) is 15.0 Å². The Morgan fingerprint density at radius 1 is 1.20 bits per heavy atom. The first-order chi connectivity index (χ1) is 12.3. The van der Waals surface area contributed by atoms with Gasteiger partial charge in [-0.1, -0.05) is 35.5 Å². The molecule has 1 aromatic carbocycles. The number of nitrogens with zero attached hydrogens (tertiary/aromatic N) is 3. The molecule has 1 saturated heterocycles. The molecule has 1 atom stereocenters. The predicted octanol–water partition coefficient (Wildman–Crippen LogP) is 3.74. The maximum atomic E-state index is 10.6. The number of aromatic nitrogens is 2. The highest BCUT2D eigenvalue weighted by Gasteiger charge is 2.27. The summed E-state index contributed by atoms with van der Waals surface area (Å²) in [6.07, 6.45) is 1.57. The first kappa shape index (κ1) is 16.4. The van der Waals surface area contributed by atoms with Gasteiger partial charge in [0.25, 0.3) is 0 Å². The Morgan fingerprint density at radius 3 is 2.72 bits per heavy atom. The van der Waals surface area contributed by atoms with Crippen LogP contribution in [-0.2, 0) is 6.54 Å². The van der Waals surface area contributed by atoms with E-state index < -0.39 is 0 Å². The largest absolute Gasteiger partial charge is 0.388 e. The average molecular weight is 355 g/mol. The van der Waals surface area contributed by atoms with Gasteiger partial charge in [-0.15, -0.1) is 0 Å². The van der Waals surface area contributed by atoms with Gasteiger partial charge in [0.05, 0.1) is 12.6 Å². The third-order valence-corrected chi connectivity index (χ3v) is 5.51. The molecule has 2 aromatic heterocycles. The van der Waals surface area contributed by atoms with Crippen molar-refractivity contribution >= 4 is 11.3 Å². The zero-order valence-electron chi connectivity index (χ0n) is 13.9. The molecule has 1 aliphatic heterocycles. The van der Waals surface area contributed by atoms with Crippen molar-refractivity contribution in [2.45, 2.75) is 25.5 Å². The van der Waals surface area contributed by atoms with Crippen LogP contribution in [0.3, 0.4) is 0 Å². The number of benzene rings is 1. The second kappa shape index (κ2) is 7.47. The van der Waals surface area contributed by atoms with Crippen molar-refractivity contribution in [2.24, 2.45) is 5.92 Å². The van der Waals surface area contributed by atoms with E-state index in [4.69, 9.17) is 4.52 Å². The molecule has 1 aliphatic rings. The number of aliphatic hydroxyl groups is 1. The molecule has 0 aliphatic carbocycles. The molecule has 0 saturated carbocycles. The zero-order valence-corrected chi connectivity index (χ0v) is 14.7. The van der Waals surface area contributed by atoms with Crippen molar-refractivity contribution in [3.05, 3.63) is 58.6 Å². The summed E-state index contributed by atoms with van der Waals surface area (Å²) in [5, 5.41) is 18.7. The van der Waals surface area contributed by atoms with E-state index in [2.05, 4.69) is 15.0 Å². The van der Waals surface area contributed by atoms with E-state index >= 15 is 0 Å². The second-order valence-corrected chi connectivity index (χ2v) is 7.27. The lowest BCUT2D eigenvalue weighted by Crippen LogP contribution is -2.35. The van der Waals surface area contributed by atoms with Gasteiger partial charge in [0.1, 0.15) is 0 Å². The number of hydrogen-bond acceptors (Lipinski definition) is 6. The number of thiophene rings is 1. The van der Waals surface area contributed by atoms with Crippen LogP contribution >= 0.6 is 11.3 Å². The Labute approximate surface area is 150 Å². The molecule has 1 N–H and O–H groups in total. The lowest BCUT2D eigenvalue weighted by molar-refractivity contribution is 0.0538. The van der Waals surface area contributed by atoms with Crippen LogP contribution in [0.15, 0.2) is 51.7 Å². The lowest BCUT2D eigenvalue weighted by atomic mass is 9.87. The minimum atomic E-state index is -0.378. The SMILES string of the molecule is O[C@H](c1ccccc1)C1CCN(Cc2nc(-c3ccsc3)no2)CC1. The summed E-state index contributed by atoms with van der Waals surface area (Å²) >= 11 is 1.62. The first-order valence-corrected chi connectivity index (χ1v) is 9.54. The van der Waals surface area contributed by atoms with Gasteiger partial charge < -0.3 is 9.63 Å². The summed E-state index contributed by atoms with van der Waals surface area (Å²) < 4.78 is 5.39. The van der Waals surface area contributed by atoms with Crippen LogP contribution in [0, 0.1) is 5.92 Å². The molecule has 0 unspecified atom stereocenters. The topological polar surface area (TPSA) is 62.4 Å². The van der Waals surface area contributed by atoms with Crippen molar-refractivity contribution in [1.29, 1.82) is 0 Å². The van der Waals surface area contributed by atoms with Gasteiger partial charge in [-0.05, 0) is 48.9 Å². The highest BCUT2D eigenvalue weighted by atomic mass is 32.1. The van der Waals surface area contributed by atoms with Crippen molar-refractivity contribution in [2.75, 3.05) is 13.1 Å². The number of piperidine rings is 1. The van der Waals surface area contributed by atoms with Crippen LogP contribution in [0.2, 0.25) is 0 Å². The Kier molecular flexibility index (Phi) is 4.92. The van der Waals surface area contributed by atoms with Crippen LogP contribution < -0.4 is 0 Å². The Morgan fingerprint density at radius 2 is 2.00 bits per heavy atom. The smallest absolute Gasteiger partial charge is 0.241 e. The normalized spacial score (nSPS) is 17.6. The molecule has 0 bridgehead atoms. The van der Waals surface area contributed by atoms with Gasteiger partial charge in [-0.25, -0.2) is 0 Å². The maximum absolute atomic E-state index is 10.6. The van der Waals surface area contributed by atoms with E-state index in [1.807, 2.05) is 47.2 Å². The molecule has 25 heavy (non-hydrogen) atoms. The molecule has 3 aromatic rings. The van der Waals surface area contributed by atoms with E-state index in [0.717, 1.165) is 37.1 Å². The van der Waals surface area contributed by atoms with E-state index in [9.17, 15) is 5.11 Å². The molecule has 5 nitrogen and oxygen atoms in total. The van der Waals surface area contributed by atoms with Crippen LogP contribution in [0.25, 0.3) is 11.4 Å². The molecular weight excluding hydrogens is 334 g/mol. The third kappa shape index (κ3) is 3.81. The molecule has 6 heteroatoms. The summed E-state index contributed by atoms with van der Waals surface area (Å²) in [7, 11) is 0. The first-order valence-electron chi connectivity index (χ1n) is 8.60. The summed E-state index contributed by atoms with van der Waals surface area (Å²) in [5.74, 6) is 1.62. The number of aliphatic hydroxyl groups excluding tert-OH is 1. The van der Waals surface area contributed by atoms with E-state index in [-0.39, 0.29) is 6.10 Å². The summed E-state index contributed by atoms with van der Waals surface area (Å²) in [6, 6.07) is 11.9. The predicted molar refractivity (Wildman–Crippen MR) is 97.0 cm³/mol. The van der Waals surface area contributed by atoms with Gasteiger partial charge >= 0.3 is 0 Å². The number of hydrogen-bond donors (Lipinski definition) is 1. The van der Waals surface area contributed by atoms with Gasteiger partial charge in [-0.2, -0.15) is 16.3 Å². The van der Waals surface area contributed by atoms with Crippen LogP contribution in [0.5, 0.6) is 0 Å². The fraction of sp³-hybridized carbons (Fsp3) is 0.368. The highest BCUT2D eigenvalue weighted by Crippen LogP contribution is 2.31. The Balaban J connectivity index is 1.32. The minimum Gasteiger partial charge on any atom is -0.388 e. The lowest BCUT2D eigenvalue weighted by Gasteiger charge is -2.33. The van der Waals surface area contributed by atoms with Crippen LogP contribution in [0.4, 0.5) is 0 Å². The number of likely N-dealkylation sites (tertiary alicyclic amines) is 1. The molecule has 0 amide bonds. The molecule has 4 rings (SSSR count). The fourth-order valence-corrected chi connectivity index (χ4v) is 4.00. The highest BCUT2D eigenvalue weighted by molar-refractivity contribution is 7.08. The third-order valence-electron chi connectivity index (χ3n) is 4.83. The number of rotatable bonds is 5. The summed E-state index contributed by atoms with van der Waals surface area (Å²) in [6.45, 7) is 2.54. The van der Waals surface area contributed by atoms with Gasteiger partial charge in [0.15, 0.2) is 0 Å². The van der Waals surface area contributed by atoms with E-state index in [1.54, 1.807) is 11.3 Å². The van der Waals surface area contributed by atoms with E-state index in [0.29, 0.717) is 24.2 Å². The van der Waals surface area contributed by atoms with E-state index in [1.165, 1.54) is 0 Å². The summed E-state index contributed by atoms with van der Waals surface area (Å²) in [5.41, 5.74) is 2.02. The minimum absolute atomic E-state index is 0.308. The molecule has 130 valence electrons. The molecule has 3 heterocycles. The average Bonchev–Trinajstić information content (AvgIpc) is 3.34. The Hall–Kier alpha value is -2.02. The molecule has 1 fully saturated rings. The second-order valence-electron chi connectivity index (χ2n) is 6.49. The Bertz CT molecular complexity index is 780. The quantitative estimate of drug-likeness (QED) is 0.755. The standard InChI is InChI=1S/C19H21N3O2S/c23-18(14-4-2-1-3-5-14)15-6-9-22(10-7-15)12-17-20-19(21-24-17)16-8-11-25-13-16/h1-5,8,11,13,15,18,23H,6-7,9-10,12H2/t18-/m1/s1. The van der Waals surface area contributed by atoms with Crippen LogP contribution in [-0.4, -0.2) is 33.2 Å². The molecular formula is C19H21N3O2S. The van der Waals surface area contributed by atoms with Crippen molar-refractivity contribution in [3.63, 3.8) is 0 Å². The maximum Gasteiger partial charge on any atom is 0.241 e. The van der Waals surface area contributed by atoms with Crippen molar-refractivity contribution in [3.8, 4) is 11.4 Å². The van der Waals surface area contributed by atoms with Gasteiger partial charge in [0, 0.05) is 10.9 Å². The van der Waals surface area contributed by atoms with Crippen LogP contribution in [0.1, 0.15) is 30.4 Å². The molecule has 0 radical (unpaired) electrons. The summed E-state index contributed by atoms with van der Waals surface area (Å²) in [4.78, 5) is 6.80. The van der Waals surface area contributed by atoms with Gasteiger partial charge in [0.2, 0.25) is 11.7 Å². The zero-order chi connectivity index (χ0) is 17.1. The monoisotopic (exact) mass is 355 g/mol. The fourth-order valence-electron chi connectivity index (χ4n) is 3.37. The van der Waals surface area contributed by atoms with Crippen molar-refractivity contribution < 1.29 is 9.63 Å². The molecule has 0 spiro atoms. The van der Waals surface area contributed by atoms with Gasteiger partial charge in [-0.3, -0.25) is 4.90 Å².